The predicted octanol–water partition coefficient (Wildman–Crippen LogP) is 1.04. The molecule has 5 nitrogen and oxygen atoms in total. The fraction of sp³-hybridized carbons (Fsp3) is 0.929. The van der Waals surface area contributed by atoms with Crippen LogP contribution in [0.15, 0.2) is 0 Å². The molecule has 2 fully saturated rings. The van der Waals surface area contributed by atoms with E-state index in [9.17, 15) is 4.79 Å². The number of carboxylic acids is 1. The minimum Gasteiger partial charge on any atom is -0.480 e. The summed E-state index contributed by atoms with van der Waals surface area (Å²) in [6.07, 6.45) is 3.75. The van der Waals surface area contributed by atoms with Gasteiger partial charge >= 0.3 is 5.97 Å². The Morgan fingerprint density at radius 2 is 2.11 bits per heavy atom. The number of carbonyl (C=O) groups is 1. The highest BCUT2D eigenvalue weighted by Crippen LogP contribution is 2.30. The first kappa shape index (κ1) is 14.8. The van der Waals surface area contributed by atoms with Crippen molar-refractivity contribution in [2.24, 2.45) is 0 Å². The Hall–Kier alpha value is -0.650. The second-order valence-corrected chi connectivity index (χ2v) is 6.06. The topological polar surface area (TPSA) is 53.0 Å². The fourth-order valence-corrected chi connectivity index (χ4v) is 3.22. The van der Waals surface area contributed by atoms with Gasteiger partial charge in [0, 0.05) is 19.1 Å². The van der Waals surface area contributed by atoms with E-state index in [1.165, 1.54) is 32.4 Å². The highest BCUT2D eigenvalue weighted by Gasteiger charge is 2.43. The average Bonchev–Trinajstić information content (AvgIpc) is 2.58. The molecule has 0 aromatic carbocycles. The summed E-state index contributed by atoms with van der Waals surface area (Å²) in [5.41, 5.74) is -0.255. The number of rotatable bonds is 5. The lowest BCUT2D eigenvalue weighted by atomic mass is 9.92. The molecule has 110 valence electrons. The van der Waals surface area contributed by atoms with Gasteiger partial charge in [-0.15, -0.1) is 0 Å². The number of hydrogen-bond donors (Lipinski definition) is 1. The van der Waals surface area contributed by atoms with E-state index in [0.717, 1.165) is 19.6 Å². The highest BCUT2D eigenvalue weighted by atomic mass is 16.5. The Morgan fingerprint density at radius 3 is 2.74 bits per heavy atom. The molecular formula is C14H26N2O3. The summed E-state index contributed by atoms with van der Waals surface area (Å²) in [6, 6.07) is 0.651. The Labute approximate surface area is 115 Å². The summed E-state index contributed by atoms with van der Waals surface area (Å²) >= 11 is 0. The van der Waals surface area contributed by atoms with Gasteiger partial charge in [-0.3, -0.25) is 4.90 Å². The number of ether oxygens (including phenoxy) is 1. The second-order valence-electron chi connectivity index (χ2n) is 6.06. The maximum atomic E-state index is 10.5. The van der Waals surface area contributed by atoms with Gasteiger partial charge in [-0.1, -0.05) is 6.92 Å². The molecule has 2 heterocycles. The summed E-state index contributed by atoms with van der Waals surface area (Å²) in [7, 11) is 0. The number of hydrogen-bond acceptors (Lipinski definition) is 4. The zero-order valence-corrected chi connectivity index (χ0v) is 12.1. The molecule has 0 aromatic heterocycles. The maximum absolute atomic E-state index is 10.5. The maximum Gasteiger partial charge on any atom is 0.329 e. The normalized spacial score (nSPS) is 28.6. The Bertz CT molecular complexity index is 316. The van der Waals surface area contributed by atoms with Crippen LogP contribution >= 0.6 is 0 Å². The van der Waals surface area contributed by atoms with Crippen molar-refractivity contribution in [1.82, 2.24) is 9.80 Å². The third kappa shape index (κ3) is 3.91. The molecule has 1 unspecified atom stereocenters. The zero-order valence-electron chi connectivity index (χ0n) is 12.1. The number of likely N-dealkylation sites (tertiary alicyclic amines) is 2. The van der Waals surface area contributed by atoms with Crippen molar-refractivity contribution in [1.29, 1.82) is 0 Å². The van der Waals surface area contributed by atoms with Crippen LogP contribution < -0.4 is 0 Å². The molecule has 0 amide bonds. The molecule has 0 spiro atoms. The average molecular weight is 270 g/mol. The van der Waals surface area contributed by atoms with Gasteiger partial charge in [-0.05, 0) is 45.8 Å². The van der Waals surface area contributed by atoms with Crippen LogP contribution in [0.25, 0.3) is 0 Å². The van der Waals surface area contributed by atoms with Crippen molar-refractivity contribution in [2.45, 2.75) is 44.8 Å². The molecule has 2 aliphatic rings. The zero-order chi connectivity index (χ0) is 13.9. The van der Waals surface area contributed by atoms with Crippen LogP contribution in [-0.4, -0.2) is 71.8 Å². The van der Waals surface area contributed by atoms with Crippen LogP contribution in [-0.2, 0) is 9.53 Å². The van der Waals surface area contributed by atoms with E-state index in [-0.39, 0.29) is 12.2 Å². The Balaban J connectivity index is 1.75. The lowest BCUT2D eigenvalue weighted by Gasteiger charge is -2.51. The smallest absolute Gasteiger partial charge is 0.329 e. The van der Waals surface area contributed by atoms with Crippen LogP contribution in [0.5, 0.6) is 0 Å². The van der Waals surface area contributed by atoms with Gasteiger partial charge in [0.25, 0.3) is 0 Å². The molecule has 0 radical (unpaired) electrons. The van der Waals surface area contributed by atoms with E-state index < -0.39 is 5.97 Å². The second kappa shape index (κ2) is 6.20. The van der Waals surface area contributed by atoms with Crippen molar-refractivity contribution in [2.75, 3.05) is 39.3 Å². The van der Waals surface area contributed by atoms with Crippen LogP contribution in [0.1, 0.15) is 33.1 Å². The van der Waals surface area contributed by atoms with E-state index in [1.807, 2.05) is 6.92 Å². The first-order chi connectivity index (χ1) is 9.02. The van der Waals surface area contributed by atoms with Crippen molar-refractivity contribution in [3.05, 3.63) is 0 Å². The van der Waals surface area contributed by atoms with Gasteiger partial charge in [0.2, 0.25) is 0 Å². The van der Waals surface area contributed by atoms with Crippen LogP contribution in [0.4, 0.5) is 0 Å². The molecule has 0 aromatic rings. The van der Waals surface area contributed by atoms with E-state index in [4.69, 9.17) is 9.84 Å². The van der Waals surface area contributed by atoms with E-state index in [2.05, 4.69) is 16.7 Å². The van der Waals surface area contributed by atoms with Gasteiger partial charge < -0.3 is 14.7 Å². The lowest BCUT2D eigenvalue weighted by molar-refractivity contribution is -0.170. The molecular weight excluding hydrogens is 244 g/mol. The summed E-state index contributed by atoms with van der Waals surface area (Å²) in [4.78, 5) is 15.5. The minimum absolute atomic E-state index is 0.182. The first-order valence-corrected chi connectivity index (χ1v) is 7.34. The third-order valence-corrected chi connectivity index (χ3v) is 4.37. The molecule has 0 bridgehead atoms. The highest BCUT2D eigenvalue weighted by molar-refractivity contribution is 5.68. The molecule has 0 aliphatic carbocycles. The number of nitrogens with zero attached hydrogens (tertiary/aromatic N) is 2. The van der Waals surface area contributed by atoms with Gasteiger partial charge in [0.15, 0.2) is 0 Å². The lowest BCUT2D eigenvalue weighted by Crippen LogP contribution is -2.64. The molecule has 2 rings (SSSR count). The third-order valence-electron chi connectivity index (χ3n) is 4.37. The van der Waals surface area contributed by atoms with Crippen molar-refractivity contribution in [3.63, 3.8) is 0 Å². The first-order valence-electron chi connectivity index (χ1n) is 7.34. The SMILES string of the molecule is CCN1CCCC(N2CC(C)(OCC(=O)O)C2)CC1. The monoisotopic (exact) mass is 270 g/mol. The minimum atomic E-state index is -0.882. The molecule has 19 heavy (non-hydrogen) atoms. The Morgan fingerprint density at radius 1 is 1.37 bits per heavy atom. The van der Waals surface area contributed by atoms with E-state index >= 15 is 0 Å². The summed E-state index contributed by atoms with van der Waals surface area (Å²) in [5.74, 6) is -0.882. The van der Waals surface area contributed by atoms with Gasteiger partial charge in [0.1, 0.15) is 6.61 Å². The number of aliphatic carboxylic acids is 1. The quantitative estimate of drug-likeness (QED) is 0.809. The molecule has 5 heteroatoms. The largest absolute Gasteiger partial charge is 0.480 e. The Kier molecular flexibility index (Phi) is 4.81. The standard InChI is InChI=1S/C14H26N2O3/c1-3-15-7-4-5-12(6-8-15)16-10-14(2,11-16)19-9-13(17)18/h12H,3-11H2,1-2H3,(H,17,18). The molecule has 0 saturated carbocycles. The number of carboxylic acid groups (broad SMARTS) is 1. The molecule has 1 N–H and O–H groups in total. The summed E-state index contributed by atoms with van der Waals surface area (Å²) in [5, 5.41) is 8.66. The van der Waals surface area contributed by atoms with Crippen LogP contribution in [0.2, 0.25) is 0 Å². The predicted molar refractivity (Wildman–Crippen MR) is 73.3 cm³/mol. The van der Waals surface area contributed by atoms with Crippen molar-refractivity contribution >= 4 is 5.97 Å². The fourth-order valence-electron chi connectivity index (χ4n) is 3.22. The summed E-state index contributed by atoms with van der Waals surface area (Å²) in [6.45, 7) is 9.35. The van der Waals surface area contributed by atoms with Gasteiger partial charge in [-0.2, -0.15) is 0 Å². The van der Waals surface area contributed by atoms with E-state index in [0.29, 0.717) is 6.04 Å². The van der Waals surface area contributed by atoms with Crippen LogP contribution in [0.3, 0.4) is 0 Å². The molecule has 1 atom stereocenters. The van der Waals surface area contributed by atoms with E-state index in [1.54, 1.807) is 0 Å². The molecule has 2 aliphatic heterocycles. The van der Waals surface area contributed by atoms with Gasteiger partial charge in [0.05, 0.1) is 5.60 Å². The van der Waals surface area contributed by atoms with Gasteiger partial charge in [-0.25, -0.2) is 4.79 Å². The van der Waals surface area contributed by atoms with Crippen molar-refractivity contribution in [3.8, 4) is 0 Å². The van der Waals surface area contributed by atoms with Crippen molar-refractivity contribution < 1.29 is 14.6 Å². The molecule has 2 saturated heterocycles. The summed E-state index contributed by atoms with van der Waals surface area (Å²) < 4.78 is 5.47. The van der Waals surface area contributed by atoms with Crippen LogP contribution in [0, 0.1) is 0 Å².